The van der Waals surface area contributed by atoms with E-state index in [1.807, 2.05) is 13.0 Å². The van der Waals surface area contributed by atoms with Gasteiger partial charge >= 0.3 is 0 Å². The van der Waals surface area contributed by atoms with Gasteiger partial charge < -0.3 is 4.52 Å². The van der Waals surface area contributed by atoms with Crippen molar-refractivity contribution in [3.8, 4) is 0 Å². The molecule has 0 saturated carbocycles. The van der Waals surface area contributed by atoms with Gasteiger partial charge in [-0.15, -0.1) is 0 Å². The molecule has 1 aromatic rings. The van der Waals surface area contributed by atoms with Crippen molar-refractivity contribution < 1.29 is 17.1 Å². The molecule has 5 nitrogen and oxygen atoms in total. The Morgan fingerprint density at radius 1 is 1.57 bits per heavy atom. The molecule has 0 atom stereocenters. The first-order valence-corrected chi connectivity index (χ1v) is 6.05. The smallest absolute Gasteiger partial charge is 0.264 e. The Kier molecular flexibility index (Phi) is 3.65. The second-order valence-corrected chi connectivity index (χ2v) is 4.71. The summed E-state index contributed by atoms with van der Waals surface area (Å²) in [6.07, 6.45) is 2.27. The van der Waals surface area contributed by atoms with Crippen LogP contribution in [0.2, 0.25) is 0 Å². The molecule has 0 aliphatic rings. The summed E-state index contributed by atoms with van der Waals surface area (Å²) in [5, 5.41) is 3.71. The topological polar surface area (TPSA) is 69.4 Å². The predicted octanol–water partition coefficient (Wildman–Crippen LogP) is 0.892. The first-order valence-electron chi connectivity index (χ1n) is 4.24. The summed E-state index contributed by atoms with van der Waals surface area (Å²) >= 11 is 0. The fourth-order valence-corrected chi connectivity index (χ4v) is 1.41. The molecule has 0 aliphatic heterocycles. The second-order valence-electron chi connectivity index (χ2n) is 3.06. The van der Waals surface area contributed by atoms with Crippen molar-refractivity contribution in [1.29, 1.82) is 0 Å². The molecule has 80 valence electrons. The molecule has 0 bridgehead atoms. The van der Waals surface area contributed by atoms with Crippen LogP contribution >= 0.6 is 0 Å². The minimum absolute atomic E-state index is 0.179. The summed E-state index contributed by atoms with van der Waals surface area (Å²) in [7, 11) is -3.32. The molecule has 1 aromatic heterocycles. The quantitative estimate of drug-likeness (QED) is 0.543. The van der Waals surface area contributed by atoms with E-state index in [0.717, 1.165) is 17.7 Å². The Morgan fingerprint density at radius 3 is 2.79 bits per heavy atom. The van der Waals surface area contributed by atoms with Gasteiger partial charge in [0, 0.05) is 12.5 Å². The van der Waals surface area contributed by atoms with E-state index in [-0.39, 0.29) is 6.61 Å². The maximum absolute atomic E-state index is 10.6. The van der Waals surface area contributed by atoms with E-state index >= 15 is 0 Å². The Bertz CT molecular complexity index is 382. The lowest BCUT2D eigenvalue weighted by Gasteiger charge is -1.98. The Labute approximate surface area is 83.2 Å². The molecule has 0 aromatic carbocycles. The van der Waals surface area contributed by atoms with Crippen LogP contribution in [0.1, 0.15) is 17.9 Å². The summed E-state index contributed by atoms with van der Waals surface area (Å²) < 4.78 is 30.7. The van der Waals surface area contributed by atoms with E-state index in [1.165, 1.54) is 0 Å². The molecule has 6 heteroatoms. The lowest BCUT2D eigenvalue weighted by atomic mass is 10.2. The summed E-state index contributed by atoms with van der Waals surface area (Å²) in [6, 6.07) is 1.82. The number of rotatable bonds is 5. The predicted molar refractivity (Wildman–Crippen MR) is 50.4 cm³/mol. The van der Waals surface area contributed by atoms with Crippen molar-refractivity contribution in [3.05, 3.63) is 17.5 Å². The number of aromatic nitrogens is 1. The third-order valence-electron chi connectivity index (χ3n) is 1.54. The Hall–Kier alpha value is -0.880. The minimum Gasteiger partial charge on any atom is -0.361 e. The largest absolute Gasteiger partial charge is 0.361 e. The van der Waals surface area contributed by atoms with Crippen LogP contribution in [0.3, 0.4) is 0 Å². The van der Waals surface area contributed by atoms with Gasteiger partial charge in [0.1, 0.15) is 5.76 Å². The number of aryl methyl sites for hydroxylation is 2. The molecular weight excluding hydrogens is 206 g/mol. The zero-order chi connectivity index (χ0) is 10.6. The van der Waals surface area contributed by atoms with Gasteiger partial charge in [-0.3, -0.25) is 4.18 Å². The normalized spacial score (nSPS) is 11.9. The van der Waals surface area contributed by atoms with Crippen LogP contribution in [-0.2, 0) is 20.7 Å². The summed E-state index contributed by atoms with van der Waals surface area (Å²) in [4.78, 5) is 0. The van der Waals surface area contributed by atoms with E-state index in [9.17, 15) is 8.42 Å². The van der Waals surface area contributed by atoms with Crippen LogP contribution in [0.15, 0.2) is 10.6 Å². The molecule has 0 radical (unpaired) electrons. The van der Waals surface area contributed by atoms with Gasteiger partial charge in [-0.25, -0.2) is 0 Å². The SMILES string of the molecule is Cc1cc(CCCOS(C)(=O)=O)on1. The van der Waals surface area contributed by atoms with Gasteiger partial charge in [-0.05, 0) is 13.3 Å². The molecule has 14 heavy (non-hydrogen) atoms. The zero-order valence-corrected chi connectivity index (χ0v) is 9.00. The molecule has 0 fully saturated rings. The lowest BCUT2D eigenvalue weighted by molar-refractivity contribution is 0.304. The average Bonchev–Trinajstić information content (AvgIpc) is 2.44. The van der Waals surface area contributed by atoms with Gasteiger partial charge in [0.25, 0.3) is 10.1 Å². The highest BCUT2D eigenvalue weighted by Crippen LogP contribution is 2.05. The van der Waals surface area contributed by atoms with Crippen molar-refractivity contribution in [2.75, 3.05) is 12.9 Å². The van der Waals surface area contributed by atoms with Crippen LogP contribution in [0, 0.1) is 6.92 Å². The molecule has 1 rings (SSSR count). The number of hydrogen-bond acceptors (Lipinski definition) is 5. The van der Waals surface area contributed by atoms with Crippen LogP contribution in [-0.4, -0.2) is 26.4 Å². The summed E-state index contributed by atoms with van der Waals surface area (Å²) in [5.41, 5.74) is 0.823. The molecule has 0 saturated heterocycles. The van der Waals surface area contributed by atoms with E-state index in [4.69, 9.17) is 4.52 Å². The molecule has 0 amide bonds. The minimum atomic E-state index is -3.32. The second kappa shape index (κ2) is 4.56. The first kappa shape index (κ1) is 11.2. The highest BCUT2D eigenvalue weighted by Gasteiger charge is 2.03. The van der Waals surface area contributed by atoms with Crippen molar-refractivity contribution in [2.45, 2.75) is 19.8 Å². The van der Waals surface area contributed by atoms with E-state index < -0.39 is 10.1 Å². The molecule has 0 unspecified atom stereocenters. The fourth-order valence-electron chi connectivity index (χ4n) is 0.991. The van der Waals surface area contributed by atoms with Crippen LogP contribution in [0.4, 0.5) is 0 Å². The standard InChI is InChI=1S/C8H13NO4S/c1-7-6-8(13-9-7)4-3-5-12-14(2,10)11/h6H,3-5H2,1-2H3. The highest BCUT2D eigenvalue weighted by molar-refractivity contribution is 7.85. The maximum Gasteiger partial charge on any atom is 0.264 e. The Balaban J connectivity index is 2.23. The van der Waals surface area contributed by atoms with Gasteiger partial charge in [-0.1, -0.05) is 5.16 Å². The third kappa shape index (κ3) is 4.38. The molecular formula is C8H13NO4S. The number of hydrogen-bond donors (Lipinski definition) is 0. The van der Waals surface area contributed by atoms with E-state index in [0.29, 0.717) is 12.8 Å². The third-order valence-corrected chi connectivity index (χ3v) is 2.14. The zero-order valence-electron chi connectivity index (χ0n) is 8.19. The first-order chi connectivity index (χ1) is 6.47. The van der Waals surface area contributed by atoms with E-state index in [1.54, 1.807) is 0 Å². The van der Waals surface area contributed by atoms with Crippen molar-refractivity contribution >= 4 is 10.1 Å². The van der Waals surface area contributed by atoms with Gasteiger partial charge in [-0.2, -0.15) is 8.42 Å². The number of nitrogens with zero attached hydrogens (tertiary/aromatic N) is 1. The summed E-state index contributed by atoms with van der Waals surface area (Å²) in [6.45, 7) is 2.01. The van der Waals surface area contributed by atoms with Crippen molar-refractivity contribution in [1.82, 2.24) is 5.16 Å². The highest BCUT2D eigenvalue weighted by atomic mass is 32.2. The van der Waals surface area contributed by atoms with Crippen molar-refractivity contribution in [3.63, 3.8) is 0 Å². The summed E-state index contributed by atoms with van der Waals surface area (Å²) in [5.74, 6) is 0.750. The van der Waals surface area contributed by atoms with Gasteiger partial charge in [0.2, 0.25) is 0 Å². The van der Waals surface area contributed by atoms with Crippen molar-refractivity contribution in [2.24, 2.45) is 0 Å². The molecule has 0 spiro atoms. The van der Waals surface area contributed by atoms with Gasteiger partial charge in [0.15, 0.2) is 0 Å². The molecule has 0 N–H and O–H groups in total. The van der Waals surface area contributed by atoms with Crippen LogP contribution in [0.25, 0.3) is 0 Å². The fraction of sp³-hybridized carbons (Fsp3) is 0.625. The monoisotopic (exact) mass is 219 g/mol. The lowest BCUT2D eigenvalue weighted by Crippen LogP contribution is -2.04. The maximum atomic E-state index is 10.6. The van der Waals surface area contributed by atoms with Crippen LogP contribution < -0.4 is 0 Å². The molecule has 1 heterocycles. The van der Waals surface area contributed by atoms with Gasteiger partial charge in [0.05, 0.1) is 18.6 Å². The van der Waals surface area contributed by atoms with E-state index in [2.05, 4.69) is 9.34 Å². The Morgan fingerprint density at radius 2 is 2.29 bits per heavy atom. The molecule has 0 aliphatic carbocycles. The van der Waals surface area contributed by atoms with Crippen LogP contribution in [0.5, 0.6) is 0 Å². The average molecular weight is 219 g/mol.